The summed E-state index contributed by atoms with van der Waals surface area (Å²) in [5.41, 5.74) is 0.828. The van der Waals surface area contributed by atoms with Crippen LogP contribution in [0.3, 0.4) is 0 Å². The van der Waals surface area contributed by atoms with Crippen molar-refractivity contribution in [3.8, 4) is 0 Å². The lowest BCUT2D eigenvalue weighted by atomic mass is 9.98. The molecule has 104 valence electrons. The number of ether oxygens (including phenoxy) is 3. The van der Waals surface area contributed by atoms with E-state index in [-0.39, 0.29) is 6.61 Å². The molecule has 0 radical (unpaired) electrons. The minimum absolute atomic E-state index is 0.186. The van der Waals surface area contributed by atoms with E-state index in [1.54, 1.807) is 0 Å². The summed E-state index contributed by atoms with van der Waals surface area (Å²) in [6.07, 6.45) is -5.93. The Morgan fingerprint density at radius 3 is 2.42 bits per heavy atom. The molecule has 1 aromatic carbocycles. The number of benzene rings is 1. The lowest BCUT2D eigenvalue weighted by molar-refractivity contribution is -0.354. The number of hydrogen-bond acceptors (Lipinski definition) is 6. The molecule has 19 heavy (non-hydrogen) atoms. The normalized spacial score (nSPS) is 42.7. The molecule has 1 unspecified atom stereocenters. The van der Waals surface area contributed by atoms with Crippen LogP contribution < -0.4 is 0 Å². The van der Waals surface area contributed by atoms with Crippen molar-refractivity contribution in [2.75, 3.05) is 6.61 Å². The molecule has 0 aliphatic carbocycles. The zero-order valence-electron chi connectivity index (χ0n) is 10.1. The first-order valence-corrected chi connectivity index (χ1v) is 6.18. The Hall–Kier alpha value is -1.02. The van der Waals surface area contributed by atoms with Crippen LogP contribution in [0.1, 0.15) is 11.9 Å². The van der Waals surface area contributed by atoms with Crippen molar-refractivity contribution in [2.45, 2.75) is 37.0 Å². The molecule has 2 saturated heterocycles. The highest BCUT2D eigenvalue weighted by atomic mass is 16.7. The van der Waals surface area contributed by atoms with Crippen molar-refractivity contribution < 1.29 is 29.5 Å². The Morgan fingerprint density at radius 1 is 0.947 bits per heavy atom. The number of fused-ring (bicyclic) bond motifs is 1. The first-order chi connectivity index (χ1) is 9.16. The molecule has 6 heteroatoms. The van der Waals surface area contributed by atoms with E-state index in [0.29, 0.717) is 0 Å². The summed E-state index contributed by atoms with van der Waals surface area (Å²) in [5, 5.41) is 29.0. The van der Waals surface area contributed by atoms with Crippen LogP contribution in [0.2, 0.25) is 0 Å². The number of aliphatic hydroxyl groups is 3. The van der Waals surface area contributed by atoms with Gasteiger partial charge >= 0.3 is 0 Å². The van der Waals surface area contributed by atoms with Gasteiger partial charge in [0.05, 0.1) is 6.61 Å². The summed E-state index contributed by atoms with van der Waals surface area (Å²) in [5.74, 6) is 0. The summed E-state index contributed by atoms with van der Waals surface area (Å²) in [6, 6.07) is 9.31. The Morgan fingerprint density at radius 2 is 1.68 bits per heavy atom. The second kappa shape index (κ2) is 5.16. The minimum Gasteiger partial charge on any atom is -0.387 e. The van der Waals surface area contributed by atoms with Crippen molar-refractivity contribution >= 4 is 0 Å². The monoisotopic (exact) mass is 268 g/mol. The summed E-state index contributed by atoms with van der Waals surface area (Å²) in [7, 11) is 0. The lowest BCUT2D eigenvalue weighted by Crippen LogP contribution is -2.61. The highest BCUT2D eigenvalue weighted by molar-refractivity contribution is 5.16. The molecule has 2 heterocycles. The van der Waals surface area contributed by atoms with Crippen molar-refractivity contribution in [2.24, 2.45) is 0 Å². The fraction of sp³-hybridized carbons (Fsp3) is 0.538. The predicted molar refractivity (Wildman–Crippen MR) is 62.9 cm³/mol. The average molecular weight is 268 g/mol. The van der Waals surface area contributed by atoms with Gasteiger partial charge in [0.2, 0.25) is 0 Å². The molecule has 2 aliphatic heterocycles. The van der Waals surface area contributed by atoms with Crippen LogP contribution in [0.15, 0.2) is 30.3 Å². The molecule has 2 fully saturated rings. The quantitative estimate of drug-likeness (QED) is 0.639. The van der Waals surface area contributed by atoms with Crippen molar-refractivity contribution in [1.29, 1.82) is 0 Å². The molecule has 6 nitrogen and oxygen atoms in total. The molecule has 0 spiro atoms. The Labute approximate surface area is 110 Å². The van der Waals surface area contributed by atoms with E-state index in [9.17, 15) is 15.3 Å². The van der Waals surface area contributed by atoms with Crippen LogP contribution >= 0.6 is 0 Å². The fourth-order valence-corrected chi connectivity index (χ4v) is 2.37. The van der Waals surface area contributed by atoms with E-state index in [1.165, 1.54) is 0 Å². The summed E-state index contributed by atoms with van der Waals surface area (Å²) in [4.78, 5) is 0. The molecule has 2 aliphatic rings. The van der Waals surface area contributed by atoms with Gasteiger partial charge in [-0.05, 0) is 0 Å². The maximum atomic E-state index is 9.94. The van der Waals surface area contributed by atoms with Crippen LogP contribution in [0.5, 0.6) is 0 Å². The van der Waals surface area contributed by atoms with Gasteiger partial charge in [-0.1, -0.05) is 30.3 Å². The second-order valence-corrected chi connectivity index (χ2v) is 4.72. The van der Waals surface area contributed by atoms with E-state index < -0.39 is 37.0 Å². The van der Waals surface area contributed by atoms with Gasteiger partial charge in [0, 0.05) is 5.56 Å². The number of aliphatic hydroxyl groups excluding tert-OH is 3. The first kappa shape index (κ1) is 13.0. The zero-order valence-corrected chi connectivity index (χ0v) is 10.1. The van der Waals surface area contributed by atoms with Crippen LogP contribution in [-0.2, 0) is 14.2 Å². The van der Waals surface area contributed by atoms with E-state index in [1.807, 2.05) is 30.3 Å². The third-order valence-electron chi connectivity index (χ3n) is 3.42. The maximum Gasteiger partial charge on any atom is 0.184 e. The van der Waals surface area contributed by atoms with Crippen molar-refractivity contribution in [1.82, 2.24) is 0 Å². The van der Waals surface area contributed by atoms with E-state index in [0.717, 1.165) is 5.56 Å². The van der Waals surface area contributed by atoms with Crippen LogP contribution in [0.25, 0.3) is 0 Å². The smallest absolute Gasteiger partial charge is 0.184 e. The van der Waals surface area contributed by atoms with Gasteiger partial charge in [-0.3, -0.25) is 0 Å². The van der Waals surface area contributed by atoms with Gasteiger partial charge in [-0.15, -0.1) is 0 Å². The first-order valence-electron chi connectivity index (χ1n) is 6.18. The largest absolute Gasteiger partial charge is 0.387 e. The fourth-order valence-electron chi connectivity index (χ4n) is 2.37. The van der Waals surface area contributed by atoms with E-state index in [2.05, 4.69) is 0 Å². The van der Waals surface area contributed by atoms with Gasteiger partial charge in [0.25, 0.3) is 0 Å². The number of hydrogen-bond donors (Lipinski definition) is 3. The van der Waals surface area contributed by atoms with Crippen molar-refractivity contribution in [3.05, 3.63) is 35.9 Å². The average Bonchev–Trinajstić information content (AvgIpc) is 2.46. The van der Waals surface area contributed by atoms with Gasteiger partial charge in [-0.25, -0.2) is 0 Å². The van der Waals surface area contributed by atoms with Crippen LogP contribution in [0, 0.1) is 0 Å². The summed E-state index contributed by atoms with van der Waals surface area (Å²) < 4.78 is 16.3. The molecule has 1 aromatic rings. The summed E-state index contributed by atoms with van der Waals surface area (Å²) in [6.45, 7) is 0.186. The zero-order chi connectivity index (χ0) is 13.4. The highest BCUT2D eigenvalue weighted by Gasteiger charge is 2.48. The van der Waals surface area contributed by atoms with Gasteiger partial charge in [0.1, 0.15) is 24.4 Å². The molecule has 3 rings (SSSR count). The van der Waals surface area contributed by atoms with Crippen molar-refractivity contribution in [3.63, 3.8) is 0 Å². The second-order valence-electron chi connectivity index (χ2n) is 4.72. The van der Waals surface area contributed by atoms with Gasteiger partial charge in [-0.2, -0.15) is 0 Å². The third-order valence-corrected chi connectivity index (χ3v) is 3.42. The maximum absolute atomic E-state index is 9.94. The van der Waals surface area contributed by atoms with Crippen LogP contribution in [-0.4, -0.2) is 52.6 Å². The molecule has 0 saturated carbocycles. The van der Waals surface area contributed by atoms with Crippen LogP contribution in [0.4, 0.5) is 0 Å². The molecule has 0 bridgehead atoms. The molecule has 0 amide bonds. The molecular formula is C13H16O6. The van der Waals surface area contributed by atoms with Gasteiger partial charge in [0.15, 0.2) is 12.6 Å². The number of rotatable bonds is 1. The molecule has 0 aromatic heterocycles. The Balaban J connectivity index is 1.75. The molecule has 6 atom stereocenters. The van der Waals surface area contributed by atoms with E-state index >= 15 is 0 Å². The topological polar surface area (TPSA) is 88.4 Å². The molecule has 3 N–H and O–H groups in total. The highest BCUT2D eigenvalue weighted by Crippen LogP contribution is 2.33. The Bertz CT molecular complexity index is 422. The summed E-state index contributed by atoms with van der Waals surface area (Å²) >= 11 is 0. The SMILES string of the molecule is OC1O[C@@H]2CO[C@@H](c3ccccc3)O[C@H]2[C@H](O)[C@H]1O. The predicted octanol–water partition coefficient (Wildman–Crippen LogP) is -0.460. The Kier molecular flexibility index (Phi) is 3.53. The molecular weight excluding hydrogens is 252 g/mol. The minimum atomic E-state index is -1.42. The van der Waals surface area contributed by atoms with Gasteiger partial charge < -0.3 is 29.5 Å². The third kappa shape index (κ3) is 2.38. The van der Waals surface area contributed by atoms with E-state index in [4.69, 9.17) is 14.2 Å². The standard InChI is InChI=1S/C13H16O6/c14-9-10(15)12(16)18-8-6-17-13(19-11(8)9)7-4-2-1-3-5-7/h1-5,8-16H,6H2/t8-,9-,10-,11-,12?,13-/m1/s1. The lowest BCUT2D eigenvalue weighted by Gasteiger charge is -2.45.